The lowest BCUT2D eigenvalue weighted by atomic mass is 9.87. The molecule has 0 saturated heterocycles. The van der Waals surface area contributed by atoms with Crippen molar-refractivity contribution in [2.45, 2.75) is 26.2 Å². The number of H-pyrrole nitrogens is 1. The molecule has 1 aromatic carbocycles. The van der Waals surface area contributed by atoms with Crippen molar-refractivity contribution in [2.75, 3.05) is 7.11 Å². The average Bonchev–Trinajstić information content (AvgIpc) is 2.59. The van der Waals surface area contributed by atoms with Crippen molar-refractivity contribution in [3.63, 3.8) is 0 Å². The molecule has 0 atom stereocenters. The summed E-state index contributed by atoms with van der Waals surface area (Å²) in [6, 6.07) is 6.14. The number of aromatic amines is 1. The van der Waals surface area contributed by atoms with Crippen LogP contribution in [0.25, 0.3) is 10.9 Å². The van der Waals surface area contributed by atoms with Crippen LogP contribution in [0.2, 0.25) is 0 Å². The fraction of sp³-hybridized carbons (Fsp3) is 0.385. The van der Waals surface area contributed by atoms with Crippen LogP contribution < -0.4 is 4.74 Å². The average molecular weight is 203 g/mol. The molecule has 0 aliphatic heterocycles. The Balaban J connectivity index is 2.72. The summed E-state index contributed by atoms with van der Waals surface area (Å²) in [6.45, 7) is 6.65. The van der Waals surface area contributed by atoms with Crippen LogP contribution in [0.4, 0.5) is 0 Å². The van der Waals surface area contributed by atoms with E-state index in [-0.39, 0.29) is 5.41 Å². The van der Waals surface area contributed by atoms with Crippen molar-refractivity contribution in [1.29, 1.82) is 0 Å². The molecule has 1 N–H and O–H groups in total. The Labute approximate surface area is 90.3 Å². The van der Waals surface area contributed by atoms with Gasteiger partial charge in [0.05, 0.1) is 12.6 Å². The first-order chi connectivity index (χ1) is 7.04. The van der Waals surface area contributed by atoms with Gasteiger partial charge in [-0.05, 0) is 17.0 Å². The Morgan fingerprint density at radius 2 is 1.93 bits per heavy atom. The highest BCUT2D eigenvalue weighted by atomic mass is 16.5. The molecule has 0 saturated carbocycles. The highest BCUT2D eigenvalue weighted by Crippen LogP contribution is 2.33. The van der Waals surface area contributed by atoms with E-state index in [0.717, 1.165) is 11.3 Å². The lowest BCUT2D eigenvalue weighted by Gasteiger charge is -2.17. The van der Waals surface area contributed by atoms with Crippen LogP contribution in [0.3, 0.4) is 0 Å². The summed E-state index contributed by atoms with van der Waals surface area (Å²) < 4.78 is 5.32. The summed E-state index contributed by atoms with van der Waals surface area (Å²) >= 11 is 0. The van der Waals surface area contributed by atoms with Crippen LogP contribution in [-0.4, -0.2) is 12.1 Å². The Morgan fingerprint density at radius 3 is 2.53 bits per heavy atom. The molecule has 15 heavy (non-hydrogen) atoms. The molecule has 0 unspecified atom stereocenters. The minimum atomic E-state index is 0.157. The van der Waals surface area contributed by atoms with Crippen molar-refractivity contribution >= 4 is 10.9 Å². The molecule has 0 amide bonds. The maximum atomic E-state index is 5.32. The molecule has 0 bridgehead atoms. The third-order valence-corrected chi connectivity index (χ3v) is 2.71. The van der Waals surface area contributed by atoms with Crippen LogP contribution in [0.15, 0.2) is 24.4 Å². The van der Waals surface area contributed by atoms with Crippen molar-refractivity contribution < 1.29 is 4.74 Å². The monoisotopic (exact) mass is 203 g/mol. The van der Waals surface area contributed by atoms with E-state index in [9.17, 15) is 0 Å². The van der Waals surface area contributed by atoms with Crippen LogP contribution in [0.1, 0.15) is 26.3 Å². The van der Waals surface area contributed by atoms with Gasteiger partial charge < -0.3 is 9.72 Å². The van der Waals surface area contributed by atoms with E-state index in [2.05, 4.69) is 38.0 Å². The van der Waals surface area contributed by atoms with Gasteiger partial charge in [0, 0.05) is 11.6 Å². The van der Waals surface area contributed by atoms with Crippen molar-refractivity contribution in [3.8, 4) is 5.75 Å². The maximum Gasteiger partial charge on any atom is 0.142 e. The van der Waals surface area contributed by atoms with Gasteiger partial charge >= 0.3 is 0 Å². The van der Waals surface area contributed by atoms with Crippen LogP contribution in [0, 0.1) is 0 Å². The van der Waals surface area contributed by atoms with Crippen molar-refractivity contribution in [2.24, 2.45) is 0 Å². The predicted molar refractivity (Wildman–Crippen MR) is 63.6 cm³/mol. The number of ether oxygens (including phenoxy) is 1. The second-order valence-corrected chi connectivity index (χ2v) is 4.84. The minimum Gasteiger partial charge on any atom is -0.495 e. The molecular formula is C13H17NO. The second kappa shape index (κ2) is 3.30. The summed E-state index contributed by atoms with van der Waals surface area (Å²) in [5.74, 6) is 0.906. The molecule has 0 spiro atoms. The molecule has 0 aliphatic carbocycles. The number of rotatable bonds is 1. The number of aromatic nitrogens is 1. The van der Waals surface area contributed by atoms with Gasteiger partial charge in [-0.15, -0.1) is 0 Å². The summed E-state index contributed by atoms with van der Waals surface area (Å²) in [5.41, 5.74) is 2.58. The zero-order valence-electron chi connectivity index (χ0n) is 9.72. The molecule has 0 radical (unpaired) electrons. The number of methoxy groups -OCH3 is 1. The fourth-order valence-electron chi connectivity index (χ4n) is 1.92. The molecule has 2 aromatic rings. The van der Waals surface area contributed by atoms with Crippen molar-refractivity contribution in [3.05, 3.63) is 30.0 Å². The van der Waals surface area contributed by atoms with Gasteiger partial charge in [-0.2, -0.15) is 0 Å². The number of para-hydroxylation sites is 1. The van der Waals surface area contributed by atoms with E-state index in [0.29, 0.717) is 0 Å². The zero-order chi connectivity index (χ0) is 11.1. The summed E-state index contributed by atoms with van der Waals surface area (Å²) in [7, 11) is 1.70. The topological polar surface area (TPSA) is 25.0 Å². The quantitative estimate of drug-likeness (QED) is 0.754. The van der Waals surface area contributed by atoms with E-state index in [1.165, 1.54) is 10.9 Å². The van der Waals surface area contributed by atoms with E-state index in [4.69, 9.17) is 4.74 Å². The normalized spacial score (nSPS) is 12.0. The Morgan fingerprint density at radius 1 is 1.20 bits per heavy atom. The summed E-state index contributed by atoms with van der Waals surface area (Å²) in [6.07, 6.45) is 2.08. The largest absolute Gasteiger partial charge is 0.495 e. The summed E-state index contributed by atoms with van der Waals surface area (Å²) in [5, 5.41) is 1.25. The predicted octanol–water partition coefficient (Wildman–Crippen LogP) is 3.47. The van der Waals surface area contributed by atoms with Crippen LogP contribution >= 0.6 is 0 Å². The standard InChI is InChI=1S/C13H17NO/c1-13(2,3)10-8-14-12-9(10)6-5-7-11(12)15-4/h5-8,14H,1-4H3. The number of hydrogen-bond donors (Lipinski definition) is 1. The molecule has 1 aromatic heterocycles. The molecular weight excluding hydrogens is 186 g/mol. The zero-order valence-corrected chi connectivity index (χ0v) is 9.72. The Hall–Kier alpha value is -1.44. The highest BCUT2D eigenvalue weighted by Gasteiger charge is 2.19. The van der Waals surface area contributed by atoms with Gasteiger partial charge in [-0.25, -0.2) is 0 Å². The molecule has 0 fully saturated rings. The van der Waals surface area contributed by atoms with Gasteiger partial charge in [0.25, 0.3) is 0 Å². The van der Waals surface area contributed by atoms with E-state index < -0.39 is 0 Å². The van der Waals surface area contributed by atoms with Crippen molar-refractivity contribution in [1.82, 2.24) is 4.98 Å². The second-order valence-electron chi connectivity index (χ2n) is 4.84. The number of hydrogen-bond acceptors (Lipinski definition) is 1. The molecule has 2 rings (SSSR count). The first-order valence-corrected chi connectivity index (χ1v) is 5.18. The molecule has 2 nitrogen and oxygen atoms in total. The van der Waals surface area contributed by atoms with E-state index >= 15 is 0 Å². The number of nitrogens with one attached hydrogen (secondary N) is 1. The van der Waals surface area contributed by atoms with E-state index in [1.54, 1.807) is 7.11 Å². The van der Waals surface area contributed by atoms with Gasteiger partial charge in [-0.1, -0.05) is 32.9 Å². The molecule has 1 heterocycles. The molecule has 0 aliphatic rings. The summed E-state index contributed by atoms with van der Waals surface area (Å²) in [4.78, 5) is 3.29. The van der Waals surface area contributed by atoms with E-state index in [1.807, 2.05) is 12.1 Å². The fourth-order valence-corrected chi connectivity index (χ4v) is 1.92. The van der Waals surface area contributed by atoms with Gasteiger partial charge in [0.1, 0.15) is 5.75 Å². The molecule has 80 valence electrons. The van der Waals surface area contributed by atoms with Gasteiger partial charge in [0.2, 0.25) is 0 Å². The van der Waals surface area contributed by atoms with Gasteiger partial charge in [0.15, 0.2) is 0 Å². The first-order valence-electron chi connectivity index (χ1n) is 5.18. The van der Waals surface area contributed by atoms with Crippen LogP contribution in [0.5, 0.6) is 5.75 Å². The lowest BCUT2D eigenvalue weighted by Crippen LogP contribution is -2.09. The third kappa shape index (κ3) is 1.60. The van der Waals surface area contributed by atoms with Gasteiger partial charge in [-0.3, -0.25) is 0 Å². The maximum absolute atomic E-state index is 5.32. The third-order valence-electron chi connectivity index (χ3n) is 2.71. The number of benzene rings is 1. The first kappa shape index (κ1) is 10.1. The Bertz CT molecular complexity index is 477. The smallest absolute Gasteiger partial charge is 0.142 e. The Kier molecular flexibility index (Phi) is 2.22. The molecule has 2 heteroatoms. The minimum absolute atomic E-state index is 0.157. The lowest BCUT2D eigenvalue weighted by molar-refractivity contribution is 0.419. The SMILES string of the molecule is COc1cccc2c(C(C)(C)C)c[nH]c12. The number of fused-ring (bicyclic) bond motifs is 1. The van der Waals surface area contributed by atoms with Crippen LogP contribution in [-0.2, 0) is 5.41 Å². The highest BCUT2D eigenvalue weighted by molar-refractivity contribution is 5.89.